The van der Waals surface area contributed by atoms with E-state index in [1.807, 2.05) is 12.1 Å². The van der Waals surface area contributed by atoms with E-state index in [-0.39, 0.29) is 28.7 Å². The van der Waals surface area contributed by atoms with Crippen LogP contribution in [0.25, 0.3) is 0 Å². The SMILES string of the molecule is COc1ccc(C(=O)NCCc2cccnc2)cc1S(=O)(=O)NCc1ccc(Cl)cc1. The quantitative estimate of drug-likeness (QED) is 0.512. The van der Waals surface area contributed by atoms with Crippen molar-refractivity contribution in [3.63, 3.8) is 0 Å². The summed E-state index contributed by atoms with van der Waals surface area (Å²) < 4.78 is 33.5. The Labute approximate surface area is 186 Å². The van der Waals surface area contributed by atoms with Gasteiger partial charge in [-0.15, -0.1) is 0 Å². The average molecular weight is 460 g/mol. The van der Waals surface area contributed by atoms with Gasteiger partial charge in [0.1, 0.15) is 10.6 Å². The minimum atomic E-state index is -3.93. The molecule has 1 heterocycles. The minimum Gasteiger partial charge on any atom is -0.495 e. The van der Waals surface area contributed by atoms with Gasteiger partial charge in [-0.2, -0.15) is 0 Å². The fourth-order valence-electron chi connectivity index (χ4n) is 2.85. The van der Waals surface area contributed by atoms with Crippen LogP contribution in [0.1, 0.15) is 21.5 Å². The second-order valence-corrected chi connectivity index (χ2v) is 8.86. The van der Waals surface area contributed by atoms with Crippen LogP contribution in [0.5, 0.6) is 5.75 Å². The highest BCUT2D eigenvalue weighted by Crippen LogP contribution is 2.25. The second-order valence-electron chi connectivity index (χ2n) is 6.68. The molecular weight excluding hydrogens is 438 g/mol. The molecule has 0 aliphatic rings. The number of carbonyl (C=O) groups is 1. The Morgan fingerprint density at radius 2 is 1.87 bits per heavy atom. The third-order valence-corrected chi connectivity index (χ3v) is 6.19. The molecule has 0 aliphatic carbocycles. The van der Waals surface area contributed by atoms with Crippen molar-refractivity contribution < 1.29 is 17.9 Å². The molecule has 0 spiro atoms. The molecule has 0 aliphatic heterocycles. The van der Waals surface area contributed by atoms with Gasteiger partial charge in [0.25, 0.3) is 5.91 Å². The van der Waals surface area contributed by atoms with E-state index in [2.05, 4.69) is 15.0 Å². The Morgan fingerprint density at radius 1 is 1.10 bits per heavy atom. The zero-order valence-corrected chi connectivity index (χ0v) is 18.4. The van der Waals surface area contributed by atoms with Crippen molar-refractivity contribution in [2.45, 2.75) is 17.9 Å². The van der Waals surface area contributed by atoms with Gasteiger partial charge in [-0.25, -0.2) is 13.1 Å². The van der Waals surface area contributed by atoms with Gasteiger partial charge < -0.3 is 10.1 Å². The van der Waals surface area contributed by atoms with Crippen molar-refractivity contribution in [2.75, 3.05) is 13.7 Å². The highest BCUT2D eigenvalue weighted by Gasteiger charge is 2.21. The van der Waals surface area contributed by atoms with Crippen molar-refractivity contribution in [1.82, 2.24) is 15.0 Å². The fraction of sp³-hybridized carbons (Fsp3) is 0.182. The number of carbonyl (C=O) groups excluding carboxylic acids is 1. The van der Waals surface area contributed by atoms with E-state index in [9.17, 15) is 13.2 Å². The fourth-order valence-corrected chi connectivity index (χ4v) is 4.19. The lowest BCUT2D eigenvalue weighted by Crippen LogP contribution is -2.27. The number of amides is 1. The van der Waals surface area contributed by atoms with Gasteiger partial charge in [0.2, 0.25) is 10.0 Å². The smallest absolute Gasteiger partial charge is 0.251 e. The van der Waals surface area contributed by atoms with Crippen LogP contribution in [-0.4, -0.2) is 33.0 Å². The molecule has 0 radical (unpaired) electrons. The molecule has 3 aromatic rings. The lowest BCUT2D eigenvalue weighted by molar-refractivity contribution is 0.0954. The molecule has 31 heavy (non-hydrogen) atoms. The predicted octanol–water partition coefficient (Wildman–Crippen LogP) is 3.19. The van der Waals surface area contributed by atoms with Gasteiger partial charge in [-0.3, -0.25) is 9.78 Å². The summed E-state index contributed by atoms with van der Waals surface area (Å²) >= 11 is 5.86. The largest absolute Gasteiger partial charge is 0.495 e. The molecule has 0 unspecified atom stereocenters. The Hall–Kier alpha value is -2.94. The van der Waals surface area contributed by atoms with Gasteiger partial charge in [-0.1, -0.05) is 29.8 Å². The molecule has 162 valence electrons. The summed E-state index contributed by atoms with van der Waals surface area (Å²) in [6.07, 6.45) is 4.03. The maximum atomic E-state index is 12.9. The monoisotopic (exact) mass is 459 g/mol. The van der Waals surface area contributed by atoms with Crippen LogP contribution in [0.3, 0.4) is 0 Å². The molecule has 7 nitrogen and oxygen atoms in total. The zero-order chi connectivity index (χ0) is 22.3. The first-order chi connectivity index (χ1) is 14.9. The normalized spacial score (nSPS) is 11.2. The number of aromatic nitrogens is 1. The van der Waals surface area contributed by atoms with Crippen molar-refractivity contribution in [2.24, 2.45) is 0 Å². The first-order valence-corrected chi connectivity index (χ1v) is 11.3. The first-order valence-electron chi connectivity index (χ1n) is 9.48. The molecule has 0 atom stereocenters. The number of nitrogens with one attached hydrogen (secondary N) is 2. The third kappa shape index (κ3) is 6.27. The highest BCUT2D eigenvalue weighted by atomic mass is 35.5. The van der Waals surface area contributed by atoms with Gasteiger partial charge in [0.15, 0.2) is 0 Å². The number of pyridine rings is 1. The molecule has 0 saturated carbocycles. The van der Waals surface area contributed by atoms with E-state index in [1.54, 1.807) is 36.7 Å². The lowest BCUT2D eigenvalue weighted by Gasteiger charge is -2.13. The molecule has 2 aromatic carbocycles. The molecular formula is C22H22ClN3O4S. The third-order valence-electron chi connectivity index (χ3n) is 4.52. The summed E-state index contributed by atoms with van der Waals surface area (Å²) in [6, 6.07) is 14.9. The van der Waals surface area contributed by atoms with E-state index in [0.29, 0.717) is 18.0 Å². The molecule has 2 N–H and O–H groups in total. The van der Waals surface area contributed by atoms with Crippen LogP contribution in [0, 0.1) is 0 Å². The summed E-state index contributed by atoms with van der Waals surface area (Å²) in [5, 5.41) is 3.36. The van der Waals surface area contributed by atoms with Gasteiger partial charge >= 0.3 is 0 Å². The van der Waals surface area contributed by atoms with Crippen LogP contribution in [-0.2, 0) is 23.0 Å². The van der Waals surface area contributed by atoms with E-state index < -0.39 is 10.0 Å². The summed E-state index contributed by atoms with van der Waals surface area (Å²) in [5.41, 5.74) is 1.96. The number of rotatable bonds is 9. The summed E-state index contributed by atoms with van der Waals surface area (Å²) in [6.45, 7) is 0.470. The average Bonchev–Trinajstić information content (AvgIpc) is 2.79. The van der Waals surface area contributed by atoms with Crippen molar-refractivity contribution in [3.8, 4) is 5.75 Å². The van der Waals surface area contributed by atoms with Crippen LogP contribution >= 0.6 is 11.6 Å². The number of hydrogen-bond donors (Lipinski definition) is 2. The van der Waals surface area contributed by atoms with E-state index in [1.165, 1.54) is 25.3 Å². The number of benzene rings is 2. The second kappa shape index (κ2) is 10.4. The predicted molar refractivity (Wildman–Crippen MR) is 119 cm³/mol. The van der Waals surface area contributed by atoms with E-state index >= 15 is 0 Å². The van der Waals surface area contributed by atoms with Crippen molar-refractivity contribution >= 4 is 27.5 Å². The van der Waals surface area contributed by atoms with Gasteiger partial charge in [0, 0.05) is 36.1 Å². The number of nitrogens with zero attached hydrogens (tertiary/aromatic N) is 1. The van der Waals surface area contributed by atoms with Crippen LogP contribution in [0.4, 0.5) is 0 Å². The Balaban J connectivity index is 1.71. The van der Waals surface area contributed by atoms with Gasteiger partial charge in [0.05, 0.1) is 7.11 Å². The molecule has 1 aromatic heterocycles. The van der Waals surface area contributed by atoms with Crippen LogP contribution in [0.2, 0.25) is 5.02 Å². The number of hydrogen-bond acceptors (Lipinski definition) is 5. The van der Waals surface area contributed by atoms with E-state index in [4.69, 9.17) is 16.3 Å². The molecule has 9 heteroatoms. The Morgan fingerprint density at radius 3 is 2.55 bits per heavy atom. The van der Waals surface area contributed by atoms with E-state index in [0.717, 1.165) is 11.1 Å². The highest BCUT2D eigenvalue weighted by molar-refractivity contribution is 7.89. The summed E-state index contributed by atoms with van der Waals surface area (Å²) in [5.74, 6) is -0.226. The number of halogens is 1. The zero-order valence-electron chi connectivity index (χ0n) is 16.8. The number of ether oxygens (including phenoxy) is 1. The number of sulfonamides is 1. The maximum absolute atomic E-state index is 12.9. The van der Waals surface area contributed by atoms with Crippen LogP contribution in [0.15, 0.2) is 71.9 Å². The topological polar surface area (TPSA) is 97.4 Å². The van der Waals surface area contributed by atoms with Crippen molar-refractivity contribution in [3.05, 3.63) is 88.7 Å². The summed E-state index contributed by atoms with van der Waals surface area (Å²) in [7, 11) is -2.55. The molecule has 1 amide bonds. The Bertz CT molecular complexity index is 1140. The molecule has 3 rings (SSSR count). The maximum Gasteiger partial charge on any atom is 0.251 e. The molecule has 0 bridgehead atoms. The van der Waals surface area contributed by atoms with Gasteiger partial charge in [-0.05, 0) is 53.9 Å². The lowest BCUT2D eigenvalue weighted by atomic mass is 10.2. The number of methoxy groups -OCH3 is 1. The van der Waals surface area contributed by atoms with Crippen LogP contribution < -0.4 is 14.8 Å². The van der Waals surface area contributed by atoms with Crippen molar-refractivity contribution in [1.29, 1.82) is 0 Å². The Kier molecular flexibility index (Phi) is 7.62. The standard InChI is InChI=1S/C22H22ClN3O4S/c1-30-20-9-6-18(22(27)25-12-10-16-3-2-11-24-14-16)13-21(20)31(28,29)26-15-17-4-7-19(23)8-5-17/h2-9,11,13-14,26H,10,12,15H2,1H3,(H,25,27). The minimum absolute atomic E-state index is 0.0736. The summed E-state index contributed by atoms with van der Waals surface area (Å²) in [4.78, 5) is 16.5. The molecule has 0 fully saturated rings. The molecule has 0 saturated heterocycles. The first kappa shape index (κ1) is 22.7.